The highest BCUT2D eigenvalue weighted by Crippen LogP contribution is 2.42. The van der Waals surface area contributed by atoms with Crippen molar-refractivity contribution in [3.05, 3.63) is 0 Å². The molecule has 2 heterocycles. The molecule has 3 rings (SSSR count). The van der Waals surface area contributed by atoms with E-state index in [4.69, 9.17) is 10.5 Å². The zero-order chi connectivity index (χ0) is 14.0. The third kappa shape index (κ3) is 3.07. The smallest absolute Gasteiger partial charge is 0.139 e. The Hall–Kier alpha value is -0.0600. The second-order valence-corrected chi connectivity index (χ2v) is 7.98. The summed E-state index contributed by atoms with van der Waals surface area (Å²) in [4.78, 5) is 12.8. The summed E-state index contributed by atoms with van der Waals surface area (Å²) < 4.78 is 6.04. The number of Topliss-reactive ketones (excluding diaryl/α,β-unsaturated/α-hetero) is 1. The largest absolute Gasteiger partial charge is 0.374 e. The van der Waals surface area contributed by atoms with Gasteiger partial charge < -0.3 is 10.5 Å². The van der Waals surface area contributed by atoms with E-state index in [0.717, 1.165) is 63.9 Å². The number of ketones is 1. The van der Waals surface area contributed by atoms with Crippen molar-refractivity contribution in [2.45, 2.75) is 50.5 Å². The Bertz CT molecular complexity index is 346. The Morgan fingerprint density at radius 3 is 2.65 bits per heavy atom. The van der Waals surface area contributed by atoms with Crippen LogP contribution in [0.2, 0.25) is 0 Å². The number of carbonyl (C=O) groups excluding carboxylic acids is 1. The van der Waals surface area contributed by atoms with Gasteiger partial charge in [-0.2, -0.15) is 11.8 Å². The van der Waals surface area contributed by atoms with E-state index in [1.165, 1.54) is 5.75 Å². The molecule has 2 atom stereocenters. The fraction of sp³-hybridized carbons (Fsp3) is 0.938. The number of ether oxygens (including phenoxy) is 1. The van der Waals surface area contributed by atoms with Gasteiger partial charge in [-0.15, -0.1) is 0 Å². The number of hydrogen-bond donors (Lipinski definition) is 1. The second-order valence-electron chi connectivity index (χ2n) is 6.88. The van der Waals surface area contributed by atoms with Crippen molar-refractivity contribution in [1.29, 1.82) is 0 Å². The lowest BCUT2D eigenvalue weighted by Gasteiger charge is -2.39. The first-order chi connectivity index (χ1) is 9.72. The van der Waals surface area contributed by atoms with Crippen LogP contribution in [-0.2, 0) is 9.53 Å². The van der Waals surface area contributed by atoms with Gasteiger partial charge >= 0.3 is 0 Å². The van der Waals surface area contributed by atoms with Crippen molar-refractivity contribution in [2.75, 3.05) is 24.7 Å². The lowest BCUT2D eigenvalue weighted by molar-refractivity contribution is -0.139. The van der Waals surface area contributed by atoms with Crippen LogP contribution in [0.4, 0.5) is 0 Å². The topological polar surface area (TPSA) is 52.3 Å². The van der Waals surface area contributed by atoms with Crippen LogP contribution in [0, 0.1) is 17.8 Å². The zero-order valence-electron chi connectivity index (χ0n) is 12.3. The maximum absolute atomic E-state index is 12.8. The molecule has 20 heavy (non-hydrogen) atoms. The van der Waals surface area contributed by atoms with Gasteiger partial charge in [-0.3, -0.25) is 4.79 Å². The molecule has 0 aromatic carbocycles. The summed E-state index contributed by atoms with van der Waals surface area (Å²) in [6.07, 6.45) is 7.51. The Balaban J connectivity index is 1.57. The van der Waals surface area contributed by atoms with Crippen molar-refractivity contribution in [2.24, 2.45) is 23.5 Å². The SMILES string of the molecule is NCC1CCC(C(=O)C2CCOC3(CCSC3)C2)CC1. The molecule has 0 amide bonds. The van der Waals surface area contributed by atoms with E-state index in [0.29, 0.717) is 17.6 Å². The lowest BCUT2D eigenvalue weighted by atomic mass is 9.73. The van der Waals surface area contributed by atoms with E-state index in [1.807, 2.05) is 11.8 Å². The third-order valence-corrected chi connectivity index (χ3v) is 6.77. The standard InChI is InChI=1S/C16H27NO2S/c17-10-12-1-3-13(4-2-12)15(18)14-5-7-19-16(9-14)6-8-20-11-16/h12-14H,1-11,17H2. The van der Waals surface area contributed by atoms with Crippen LogP contribution < -0.4 is 5.73 Å². The van der Waals surface area contributed by atoms with Crippen LogP contribution in [-0.4, -0.2) is 36.0 Å². The van der Waals surface area contributed by atoms with Crippen molar-refractivity contribution < 1.29 is 9.53 Å². The van der Waals surface area contributed by atoms with E-state index >= 15 is 0 Å². The molecule has 0 aromatic heterocycles. The van der Waals surface area contributed by atoms with Crippen LogP contribution in [0.5, 0.6) is 0 Å². The van der Waals surface area contributed by atoms with Gasteiger partial charge in [-0.25, -0.2) is 0 Å². The van der Waals surface area contributed by atoms with Gasteiger partial charge in [0, 0.05) is 24.2 Å². The molecule has 4 heteroatoms. The van der Waals surface area contributed by atoms with Gasteiger partial charge in [0.15, 0.2) is 0 Å². The molecule has 3 aliphatic rings. The molecule has 0 aromatic rings. The summed E-state index contributed by atoms with van der Waals surface area (Å²) in [5.74, 6) is 4.07. The van der Waals surface area contributed by atoms with Gasteiger partial charge in [0.2, 0.25) is 0 Å². The maximum atomic E-state index is 12.8. The summed E-state index contributed by atoms with van der Waals surface area (Å²) in [6, 6.07) is 0. The molecule has 3 fully saturated rings. The van der Waals surface area contributed by atoms with Crippen LogP contribution >= 0.6 is 11.8 Å². The molecule has 1 spiro atoms. The summed E-state index contributed by atoms with van der Waals surface area (Å²) in [7, 11) is 0. The average Bonchev–Trinajstić information content (AvgIpc) is 2.94. The molecule has 3 nitrogen and oxygen atoms in total. The Labute approximate surface area is 126 Å². The van der Waals surface area contributed by atoms with Crippen molar-refractivity contribution in [3.63, 3.8) is 0 Å². The fourth-order valence-corrected chi connectivity index (χ4v) is 5.53. The summed E-state index contributed by atoms with van der Waals surface area (Å²) >= 11 is 1.98. The number of hydrogen-bond acceptors (Lipinski definition) is 4. The minimum Gasteiger partial charge on any atom is -0.374 e. The number of thioether (sulfide) groups is 1. The van der Waals surface area contributed by atoms with Gasteiger partial charge in [0.05, 0.1) is 5.60 Å². The van der Waals surface area contributed by atoms with Crippen molar-refractivity contribution in [1.82, 2.24) is 0 Å². The van der Waals surface area contributed by atoms with Gasteiger partial charge in [0.1, 0.15) is 5.78 Å². The van der Waals surface area contributed by atoms with Gasteiger partial charge in [-0.1, -0.05) is 0 Å². The van der Waals surface area contributed by atoms with E-state index in [-0.39, 0.29) is 11.5 Å². The van der Waals surface area contributed by atoms with Crippen LogP contribution in [0.1, 0.15) is 44.9 Å². The normalized spacial score (nSPS) is 42.0. The van der Waals surface area contributed by atoms with E-state index in [1.54, 1.807) is 0 Å². The summed E-state index contributed by atoms with van der Waals surface area (Å²) in [5.41, 5.74) is 5.78. The predicted molar refractivity (Wildman–Crippen MR) is 82.9 cm³/mol. The first-order valence-electron chi connectivity index (χ1n) is 8.18. The quantitative estimate of drug-likeness (QED) is 0.870. The van der Waals surface area contributed by atoms with Crippen molar-refractivity contribution >= 4 is 17.5 Å². The molecule has 114 valence electrons. The monoisotopic (exact) mass is 297 g/mol. The third-order valence-electron chi connectivity index (χ3n) is 5.54. The zero-order valence-corrected chi connectivity index (χ0v) is 13.1. The molecule has 2 aliphatic heterocycles. The van der Waals surface area contributed by atoms with E-state index in [2.05, 4.69) is 0 Å². The summed E-state index contributed by atoms with van der Waals surface area (Å²) in [5, 5.41) is 0. The van der Waals surface area contributed by atoms with Crippen LogP contribution in [0.25, 0.3) is 0 Å². The average molecular weight is 297 g/mol. The van der Waals surface area contributed by atoms with E-state index in [9.17, 15) is 4.79 Å². The Morgan fingerprint density at radius 2 is 2.00 bits per heavy atom. The Kier molecular flexibility index (Phi) is 4.73. The molecular weight excluding hydrogens is 270 g/mol. The fourth-order valence-electron chi connectivity index (χ4n) is 4.15. The maximum Gasteiger partial charge on any atom is 0.139 e. The highest BCUT2D eigenvalue weighted by Gasteiger charge is 2.43. The van der Waals surface area contributed by atoms with Gasteiger partial charge in [-0.05, 0) is 63.2 Å². The van der Waals surface area contributed by atoms with Crippen LogP contribution in [0.3, 0.4) is 0 Å². The summed E-state index contributed by atoms with van der Waals surface area (Å²) in [6.45, 7) is 1.58. The minimum absolute atomic E-state index is 0.0394. The second kappa shape index (κ2) is 6.37. The number of carbonyl (C=O) groups is 1. The molecule has 2 unspecified atom stereocenters. The van der Waals surface area contributed by atoms with Gasteiger partial charge in [0.25, 0.3) is 0 Å². The van der Waals surface area contributed by atoms with Crippen LogP contribution in [0.15, 0.2) is 0 Å². The highest BCUT2D eigenvalue weighted by molar-refractivity contribution is 7.99. The minimum atomic E-state index is 0.0394. The molecule has 2 N–H and O–H groups in total. The molecule has 0 radical (unpaired) electrons. The number of rotatable bonds is 3. The first-order valence-corrected chi connectivity index (χ1v) is 9.33. The molecule has 1 aliphatic carbocycles. The Morgan fingerprint density at radius 1 is 1.20 bits per heavy atom. The molecule has 2 saturated heterocycles. The lowest BCUT2D eigenvalue weighted by Crippen LogP contribution is -2.43. The number of nitrogens with two attached hydrogens (primary N) is 1. The molecule has 0 bridgehead atoms. The predicted octanol–water partition coefficient (Wildman–Crippen LogP) is 2.62. The van der Waals surface area contributed by atoms with E-state index < -0.39 is 0 Å². The highest BCUT2D eigenvalue weighted by atomic mass is 32.2. The molecular formula is C16H27NO2S. The molecule has 1 saturated carbocycles. The van der Waals surface area contributed by atoms with Crippen molar-refractivity contribution in [3.8, 4) is 0 Å². The first kappa shape index (κ1) is 14.9.